The van der Waals surface area contributed by atoms with E-state index in [0.717, 1.165) is 23.6 Å². The van der Waals surface area contributed by atoms with Gasteiger partial charge in [-0.3, -0.25) is 14.6 Å². The average Bonchev–Trinajstić information content (AvgIpc) is 2.78. The zero-order chi connectivity index (χ0) is 19.6. The molecule has 2 aromatic carbocycles. The Bertz CT molecular complexity index is 943. The summed E-state index contributed by atoms with van der Waals surface area (Å²) in [4.78, 5) is 28.0. The summed E-state index contributed by atoms with van der Waals surface area (Å²) in [6.45, 7) is 2.60. The number of benzene rings is 2. The highest BCUT2D eigenvalue weighted by molar-refractivity contribution is 6.50. The zero-order valence-corrected chi connectivity index (χ0v) is 15.4. The topological polar surface area (TPSA) is 78.8 Å². The van der Waals surface area contributed by atoms with Crippen molar-refractivity contribution < 1.29 is 19.1 Å². The van der Waals surface area contributed by atoms with E-state index in [1.807, 2.05) is 24.3 Å². The Morgan fingerprint density at radius 3 is 2.81 bits per heavy atom. The number of amides is 1. The molecule has 2 N–H and O–H groups in total. The van der Waals surface area contributed by atoms with Gasteiger partial charge in [0.25, 0.3) is 5.91 Å². The van der Waals surface area contributed by atoms with Crippen LogP contribution in [0.25, 0.3) is 0 Å². The van der Waals surface area contributed by atoms with Gasteiger partial charge in [0.15, 0.2) is 0 Å². The largest absolute Gasteiger partial charge is 0.481 e. The third-order valence-electron chi connectivity index (χ3n) is 4.52. The summed E-state index contributed by atoms with van der Waals surface area (Å²) in [5.41, 5.74) is 2.10. The molecule has 1 heterocycles. The van der Waals surface area contributed by atoms with Crippen LogP contribution in [0.5, 0.6) is 0 Å². The van der Waals surface area contributed by atoms with Crippen LogP contribution in [0.3, 0.4) is 0 Å². The van der Waals surface area contributed by atoms with Crippen LogP contribution in [0.15, 0.2) is 41.4 Å². The number of fused-ring (bicyclic) bond motifs is 1. The first-order chi connectivity index (χ1) is 12.9. The van der Waals surface area contributed by atoms with Crippen molar-refractivity contribution in [2.24, 2.45) is 4.99 Å². The van der Waals surface area contributed by atoms with E-state index in [1.165, 1.54) is 6.07 Å². The van der Waals surface area contributed by atoms with Crippen molar-refractivity contribution in [3.63, 3.8) is 0 Å². The molecule has 1 amide bonds. The quantitative estimate of drug-likeness (QED) is 0.829. The van der Waals surface area contributed by atoms with Gasteiger partial charge in [-0.25, -0.2) is 4.39 Å². The van der Waals surface area contributed by atoms with E-state index in [1.54, 1.807) is 0 Å². The third-order valence-corrected chi connectivity index (χ3v) is 4.83. The maximum absolute atomic E-state index is 14.1. The Balaban J connectivity index is 1.90. The van der Waals surface area contributed by atoms with Crippen molar-refractivity contribution in [3.05, 3.63) is 63.9 Å². The molecule has 0 aromatic heterocycles. The molecule has 0 saturated heterocycles. The summed E-state index contributed by atoms with van der Waals surface area (Å²) >= 11 is 6.11. The molecule has 0 bridgehead atoms. The lowest BCUT2D eigenvalue weighted by Crippen LogP contribution is -2.25. The summed E-state index contributed by atoms with van der Waals surface area (Å²) in [7, 11) is 0. The predicted octanol–water partition coefficient (Wildman–Crippen LogP) is 4.04. The van der Waals surface area contributed by atoms with Crippen LogP contribution in [0.4, 0.5) is 10.1 Å². The fourth-order valence-electron chi connectivity index (χ4n) is 3.11. The molecule has 7 heteroatoms. The predicted molar refractivity (Wildman–Crippen MR) is 102 cm³/mol. The minimum Gasteiger partial charge on any atom is -0.481 e. The van der Waals surface area contributed by atoms with Crippen molar-refractivity contribution in [1.82, 2.24) is 0 Å². The number of nitrogens with one attached hydrogen (secondary N) is 1. The molecule has 0 saturated carbocycles. The van der Waals surface area contributed by atoms with Crippen LogP contribution in [0.1, 0.15) is 36.0 Å². The minimum atomic E-state index is -1.17. The van der Waals surface area contributed by atoms with Crippen LogP contribution in [0, 0.1) is 5.82 Å². The lowest BCUT2D eigenvalue weighted by Gasteiger charge is -2.14. The molecule has 5 nitrogen and oxygen atoms in total. The number of carbonyl (C=O) groups excluding carboxylic acids is 1. The first kappa shape index (κ1) is 19.0. The highest BCUT2D eigenvalue weighted by atomic mass is 35.5. The van der Waals surface area contributed by atoms with Gasteiger partial charge in [-0.1, -0.05) is 42.8 Å². The maximum Gasteiger partial charge on any atom is 0.307 e. The van der Waals surface area contributed by atoms with E-state index in [0.29, 0.717) is 6.54 Å². The van der Waals surface area contributed by atoms with Gasteiger partial charge in [0.1, 0.15) is 11.5 Å². The fourth-order valence-corrected chi connectivity index (χ4v) is 3.34. The fraction of sp³-hybridized carbons (Fsp3) is 0.250. The number of hydrogen-bond donors (Lipinski definition) is 2. The van der Waals surface area contributed by atoms with Gasteiger partial charge in [0, 0.05) is 17.7 Å². The van der Waals surface area contributed by atoms with Gasteiger partial charge in [0.2, 0.25) is 0 Å². The molecule has 1 aliphatic rings. The highest BCUT2D eigenvalue weighted by Gasteiger charge is 2.23. The van der Waals surface area contributed by atoms with Gasteiger partial charge in [-0.05, 0) is 30.0 Å². The van der Waals surface area contributed by atoms with Crippen molar-refractivity contribution in [1.29, 1.82) is 0 Å². The van der Waals surface area contributed by atoms with Crippen LogP contribution in [0.2, 0.25) is 5.02 Å². The van der Waals surface area contributed by atoms with Gasteiger partial charge in [-0.2, -0.15) is 0 Å². The van der Waals surface area contributed by atoms with Crippen molar-refractivity contribution in [2.75, 3.05) is 11.9 Å². The zero-order valence-electron chi connectivity index (χ0n) is 14.6. The summed E-state index contributed by atoms with van der Waals surface area (Å²) in [6, 6.07) is 9.82. The van der Waals surface area contributed by atoms with E-state index in [-0.39, 0.29) is 27.9 Å². The van der Waals surface area contributed by atoms with Crippen molar-refractivity contribution in [3.8, 4) is 0 Å². The van der Waals surface area contributed by atoms with Gasteiger partial charge >= 0.3 is 5.97 Å². The molecule has 0 radical (unpaired) electrons. The van der Waals surface area contributed by atoms with E-state index >= 15 is 0 Å². The van der Waals surface area contributed by atoms with E-state index in [2.05, 4.69) is 17.2 Å². The normalized spacial score (nSPS) is 16.1. The summed E-state index contributed by atoms with van der Waals surface area (Å²) in [6.07, 6.45) is 0.338. The van der Waals surface area contributed by atoms with Crippen molar-refractivity contribution >= 4 is 34.9 Å². The second-order valence-electron chi connectivity index (χ2n) is 6.46. The van der Waals surface area contributed by atoms with Crippen LogP contribution < -0.4 is 5.32 Å². The number of aliphatic carboxylic acids is 1. The van der Waals surface area contributed by atoms with Crippen LogP contribution >= 0.6 is 11.6 Å². The van der Waals surface area contributed by atoms with Crippen LogP contribution in [-0.4, -0.2) is 29.2 Å². The molecule has 140 valence electrons. The highest BCUT2D eigenvalue weighted by Crippen LogP contribution is 2.29. The Kier molecular flexibility index (Phi) is 5.56. The lowest BCUT2D eigenvalue weighted by molar-refractivity contribution is -0.136. The molecule has 1 aliphatic heterocycles. The lowest BCUT2D eigenvalue weighted by atomic mass is 9.92. The molecule has 0 fully saturated rings. The first-order valence-corrected chi connectivity index (χ1v) is 8.89. The number of rotatable bonds is 4. The molecule has 27 heavy (non-hydrogen) atoms. The molecule has 1 atom stereocenters. The molecular formula is C20H18ClFN2O3. The Labute approximate surface area is 160 Å². The van der Waals surface area contributed by atoms with Crippen molar-refractivity contribution in [2.45, 2.75) is 25.7 Å². The number of carboxylic acid groups (broad SMARTS) is 1. The number of carbonyl (C=O) groups is 2. The maximum atomic E-state index is 14.1. The van der Waals surface area contributed by atoms with Gasteiger partial charge < -0.3 is 10.4 Å². The molecule has 3 rings (SSSR count). The van der Waals surface area contributed by atoms with Gasteiger partial charge in [0.05, 0.1) is 17.1 Å². The Morgan fingerprint density at radius 1 is 1.33 bits per heavy atom. The second kappa shape index (κ2) is 7.88. The summed E-state index contributed by atoms with van der Waals surface area (Å²) in [5.74, 6) is -2.12. The third kappa shape index (κ3) is 4.17. The molecule has 0 spiro atoms. The summed E-state index contributed by atoms with van der Waals surface area (Å²) < 4.78 is 14.1. The molecular weight excluding hydrogens is 371 g/mol. The average molecular weight is 389 g/mol. The molecule has 0 aliphatic carbocycles. The Hall–Kier alpha value is -2.73. The monoisotopic (exact) mass is 388 g/mol. The number of hydrogen-bond acceptors (Lipinski definition) is 3. The number of anilines is 1. The number of carboxylic acids is 1. The second-order valence-corrected chi connectivity index (χ2v) is 6.86. The SMILES string of the molecule is CC1CCN=C(C(=O)Nc2cc(F)c(CC(=O)O)cc2Cl)c2ccccc21. The van der Waals surface area contributed by atoms with E-state index in [4.69, 9.17) is 16.7 Å². The van der Waals surface area contributed by atoms with Crippen LogP contribution in [-0.2, 0) is 16.0 Å². The minimum absolute atomic E-state index is 0.0449. The Morgan fingerprint density at radius 2 is 2.07 bits per heavy atom. The number of nitrogens with zero attached hydrogens (tertiary/aromatic N) is 1. The molecule has 2 aromatic rings. The molecule has 1 unspecified atom stereocenters. The summed E-state index contributed by atoms with van der Waals surface area (Å²) in [5, 5.41) is 11.5. The van der Waals surface area contributed by atoms with E-state index < -0.39 is 24.1 Å². The van der Waals surface area contributed by atoms with Gasteiger partial charge in [-0.15, -0.1) is 0 Å². The number of halogens is 2. The standard InChI is InChI=1S/C20H18ClFN2O3/c1-11-6-7-23-19(14-5-3-2-4-13(11)14)20(27)24-17-10-16(22)12(8-15(17)21)9-18(25)26/h2-5,8,10-11H,6-7,9H2,1H3,(H,24,27)(H,25,26). The van der Waals surface area contributed by atoms with E-state index in [9.17, 15) is 14.0 Å². The smallest absolute Gasteiger partial charge is 0.307 e. The number of aliphatic imine (C=N–C) groups is 1. The first-order valence-electron chi connectivity index (χ1n) is 8.51.